The fourth-order valence-electron chi connectivity index (χ4n) is 3.33. The Kier molecular flexibility index (Phi) is 4.96. The number of hydrogen-bond acceptors (Lipinski definition) is 5. The van der Waals surface area contributed by atoms with Gasteiger partial charge in [-0.1, -0.05) is 18.2 Å². The van der Waals surface area contributed by atoms with E-state index < -0.39 is 9.84 Å². The first-order valence-corrected chi connectivity index (χ1v) is 11.3. The van der Waals surface area contributed by atoms with Crippen molar-refractivity contribution >= 4 is 32.3 Å². The number of anilines is 1. The van der Waals surface area contributed by atoms with Crippen molar-refractivity contribution in [3.05, 3.63) is 64.7 Å². The minimum atomic E-state index is -3.35. The number of nitrogens with zero attached hydrogens (tertiary/aromatic N) is 2. The number of fused-ring (bicyclic) bond motifs is 1. The Bertz CT molecular complexity index is 1260. The zero-order valence-corrected chi connectivity index (χ0v) is 16.8. The number of sulfone groups is 1. The second-order valence-corrected chi connectivity index (χ2v) is 9.32. The summed E-state index contributed by atoms with van der Waals surface area (Å²) in [4.78, 5) is 30.1. The Labute approximate surface area is 168 Å². The maximum atomic E-state index is 12.9. The molecule has 1 aliphatic carbocycles. The van der Waals surface area contributed by atoms with E-state index in [-0.39, 0.29) is 28.8 Å². The number of aryl methyl sites for hydroxylation is 1. The van der Waals surface area contributed by atoms with Crippen LogP contribution in [0.3, 0.4) is 0 Å². The topological polar surface area (TPSA) is 98.1 Å². The molecule has 1 aliphatic rings. The molecule has 1 heterocycles. The molecule has 4 rings (SSSR count). The molecule has 150 valence electrons. The van der Waals surface area contributed by atoms with Gasteiger partial charge in [-0.2, -0.15) is 0 Å². The summed E-state index contributed by atoms with van der Waals surface area (Å²) in [5.74, 6) is 0.344. The van der Waals surface area contributed by atoms with Crippen molar-refractivity contribution in [2.75, 3.05) is 11.6 Å². The summed E-state index contributed by atoms with van der Waals surface area (Å²) < 4.78 is 25.1. The van der Waals surface area contributed by atoms with Gasteiger partial charge in [0.15, 0.2) is 9.84 Å². The van der Waals surface area contributed by atoms with Crippen LogP contribution in [0, 0.1) is 0 Å². The predicted octanol–water partition coefficient (Wildman–Crippen LogP) is 2.71. The summed E-state index contributed by atoms with van der Waals surface area (Å²) in [6.45, 7) is 0. The quantitative estimate of drug-likeness (QED) is 0.672. The minimum Gasteiger partial charge on any atom is -0.326 e. The van der Waals surface area contributed by atoms with Gasteiger partial charge in [-0.3, -0.25) is 14.2 Å². The van der Waals surface area contributed by atoms with Crippen LogP contribution in [-0.2, 0) is 21.1 Å². The van der Waals surface area contributed by atoms with Gasteiger partial charge in [0, 0.05) is 30.8 Å². The number of nitrogens with one attached hydrogen (secondary N) is 1. The summed E-state index contributed by atoms with van der Waals surface area (Å²) in [6, 6.07) is 13.5. The van der Waals surface area contributed by atoms with Crippen LogP contribution in [0.25, 0.3) is 10.9 Å². The molecule has 1 saturated carbocycles. The summed E-state index contributed by atoms with van der Waals surface area (Å²) in [5.41, 5.74) is 0.990. The van der Waals surface area contributed by atoms with Crippen molar-refractivity contribution < 1.29 is 13.2 Å². The smallest absolute Gasteiger partial charge is 0.261 e. The van der Waals surface area contributed by atoms with E-state index in [4.69, 9.17) is 0 Å². The molecule has 0 spiro atoms. The third-order valence-corrected chi connectivity index (χ3v) is 6.02. The highest BCUT2D eigenvalue weighted by atomic mass is 32.2. The molecule has 0 aliphatic heterocycles. The highest BCUT2D eigenvalue weighted by molar-refractivity contribution is 7.90. The van der Waals surface area contributed by atoms with Gasteiger partial charge in [0.25, 0.3) is 5.56 Å². The lowest BCUT2D eigenvalue weighted by molar-refractivity contribution is -0.116. The third kappa shape index (κ3) is 4.22. The van der Waals surface area contributed by atoms with Gasteiger partial charge < -0.3 is 5.32 Å². The molecule has 1 N–H and O–H groups in total. The Morgan fingerprint density at radius 1 is 1.17 bits per heavy atom. The van der Waals surface area contributed by atoms with E-state index in [1.807, 2.05) is 12.1 Å². The second kappa shape index (κ2) is 7.44. The Hall–Kier alpha value is -3.00. The van der Waals surface area contributed by atoms with Crippen LogP contribution in [-0.4, -0.2) is 30.1 Å². The van der Waals surface area contributed by atoms with Crippen molar-refractivity contribution in [3.63, 3.8) is 0 Å². The Balaban J connectivity index is 1.53. The normalized spacial score (nSPS) is 14.1. The molecule has 1 fully saturated rings. The number of amides is 1. The standard InChI is InChI=1S/C21H21N3O4S/c1-29(27,28)16-6-4-5-14(13-16)22-20(25)12-11-19-23-18-8-3-2-7-17(18)21(26)24(19)15-9-10-15/h2-8,13,15H,9-12H2,1H3,(H,22,25). The molecule has 7 nitrogen and oxygen atoms in total. The van der Waals surface area contributed by atoms with Crippen LogP contribution in [0.5, 0.6) is 0 Å². The summed E-state index contributed by atoms with van der Waals surface area (Å²) >= 11 is 0. The largest absolute Gasteiger partial charge is 0.326 e. The van der Waals surface area contributed by atoms with Crippen LogP contribution in [0.2, 0.25) is 0 Å². The lowest BCUT2D eigenvalue weighted by Crippen LogP contribution is -2.25. The van der Waals surface area contributed by atoms with Crippen molar-refractivity contribution in [1.29, 1.82) is 0 Å². The Morgan fingerprint density at radius 3 is 2.66 bits per heavy atom. The van der Waals surface area contributed by atoms with Gasteiger partial charge in [-0.25, -0.2) is 13.4 Å². The van der Waals surface area contributed by atoms with Crippen molar-refractivity contribution in [3.8, 4) is 0 Å². The van der Waals surface area contributed by atoms with Gasteiger partial charge >= 0.3 is 0 Å². The summed E-state index contributed by atoms with van der Waals surface area (Å²) in [6.07, 6.45) is 3.47. The van der Waals surface area contributed by atoms with Crippen LogP contribution in [0.4, 0.5) is 5.69 Å². The summed E-state index contributed by atoms with van der Waals surface area (Å²) in [5, 5.41) is 3.31. The maximum absolute atomic E-state index is 12.9. The average Bonchev–Trinajstić information content (AvgIpc) is 3.51. The fourth-order valence-corrected chi connectivity index (χ4v) is 4.00. The van der Waals surface area contributed by atoms with E-state index >= 15 is 0 Å². The zero-order valence-electron chi connectivity index (χ0n) is 16.0. The molecule has 0 radical (unpaired) electrons. The lowest BCUT2D eigenvalue weighted by Gasteiger charge is -2.13. The number of para-hydroxylation sites is 1. The van der Waals surface area contributed by atoms with E-state index in [0.717, 1.165) is 19.1 Å². The van der Waals surface area contributed by atoms with Crippen molar-refractivity contribution in [2.24, 2.45) is 0 Å². The van der Waals surface area contributed by atoms with Gasteiger partial charge in [-0.05, 0) is 43.2 Å². The molecule has 2 aromatic carbocycles. The van der Waals surface area contributed by atoms with Crippen LogP contribution < -0.4 is 10.9 Å². The number of rotatable bonds is 6. The van der Waals surface area contributed by atoms with Crippen molar-refractivity contribution in [2.45, 2.75) is 36.6 Å². The molecular formula is C21H21N3O4S. The van der Waals surface area contributed by atoms with E-state index in [1.54, 1.807) is 28.8 Å². The lowest BCUT2D eigenvalue weighted by atomic mass is 10.2. The van der Waals surface area contributed by atoms with E-state index in [1.165, 1.54) is 12.1 Å². The van der Waals surface area contributed by atoms with Crippen molar-refractivity contribution in [1.82, 2.24) is 9.55 Å². The molecule has 0 saturated heterocycles. The first-order chi connectivity index (χ1) is 13.8. The SMILES string of the molecule is CS(=O)(=O)c1cccc(NC(=O)CCc2nc3ccccc3c(=O)n2C2CC2)c1. The number of carbonyl (C=O) groups excluding carboxylic acids is 1. The molecule has 1 amide bonds. The second-order valence-electron chi connectivity index (χ2n) is 7.30. The third-order valence-electron chi connectivity index (χ3n) is 4.91. The highest BCUT2D eigenvalue weighted by Crippen LogP contribution is 2.34. The van der Waals surface area contributed by atoms with E-state index in [2.05, 4.69) is 10.3 Å². The van der Waals surface area contributed by atoms with Gasteiger partial charge in [-0.15, -0.1) is 0 Å². The number of benzene rings is 2. The summed E-state index contributed by atoms with van der Waals surface area (Å²) in [7, 11) is -3.35. The number of hydrogen-bond donors (Lipinski definition) is 1. The minimum absolute atomic E-state index is 0.0608. The molecule has 3 aromatic rings. The molecule has 8 heteroatoms. The molecular weight excluding hydrogens is 390 g/mol. The fraction of sp³-hybridized carbons (Fsp3) is 0.286. The van der Waals surface area contributed by atoms with E-state index in [9.17, 15) is 18.0 Å². The zero-order chi connectivity index (χ0) is 20.6. The van der Waals surface area contributed by atoms with E-state index in [0.29, 0.717) is 28.8 Å². The first-order valence-electron chi connectivity index (χ1n) is 9.43. The monoisotopic (exact) mass is 411 g/mol. The van der Waals surface area contributed by atoms with Gasteiger partial charge in [0.1, 0.15) is 5.82 Å². The van der Waals surface area contributed by atoms with Gasteiger partial charge in [0.2, 0.25) is 5.91 Å². The molecule has 0 unspecified atom stereocenters. The average molecular weight is 411 g/mol. The highest BCUT2D eigenvalue weighted by Gasteiger charge is 2.28. The van der Waals surface area contributed by atoms with Crippen LogP contribution in [0.1, 0.15) is 31.1 Å². The van der Waals surface area contributed by atoms with Crippen LogP contribution >= 0.6 is 0 Å². The molecule has 0 atom stereocenters. The predicted molar refractivity (Wildman–Crippen MR) is 111 cm³/mol. The molecule has 29 heavy (non-hydrogen) atoms. The number of aromatic nitrogens is 2. The Morgan fingerprint density at radius 2 is 1.93 bits per heavy atom. The van der Waals surface area contributed by atoms with Gasteiger partial charge in [0.05, 0.1) is 15.8 Å². The molecule has 0 bridgehead atoms. The first kappa shape index (κ1) is 19.3. The van der Waals surface area contributed by atoms with Crippen LogP contribution in [0.15, 0.2) is 58.2 Å². The maximum Gasteiger partial charge on any atom is 0.261 e. The molecule has 1 aromatic heterocycles. The number of carbonyl (C=O) groups is 1.